The molecule has 0 bridgehead atoms. The second-order valence-electron chi connectivity index (χ2n) is 14.1. The molecule has 0 saturated carbocycles. The first-order chi connectivity index (χ1) is 25.3. The smallest absolute Gasteiger partial charge is 0.306 e. The molecule has 2 unspecified atom stereocenters. The summed E-state index contributed by atoms with van der Waals surface area (Å²) in [5.41, 5.74) is 0. The summed E-state index contributed by atoms with van der Waals surface area (Å²) in [4.78, 5) is 25.2. The number of aliphatic hydroxyl groups is 4. The van der Waals surface area contributed by atoms with Crippen LogP contribution in [-0.4, -0.2) is 89.0 Å². The molecular weight excluding hydrogens is 664 g/mol. The van der Waals surface area contributed by atoms with Crippen molar-refractivity contribution in [3.8, 4) is 0 Å². The number of ether oxygens (including phenoxy) is 4. The topological polar surface area (TPSA) is 152 Å². The van der Waals surface area contributed by atoms with Crippen molar-refractivity contribution in [1.82, 2.24) is 0 Å². The molecule has 302 valence electrons. The molecule has 0 aromatic rings. The molecule has 1 aliphatic heterocycles. The maximum Gasteiger partial charge on any atom is 0.306 e. The molecule has 1 aliphatic rings. The highest BCUT2D eigenvalue weighted by atomic mass is 16.7. The number of rotatable bonds is 33. The minimum atomic E-state index is -1.60. The van der Waals surface area contributed by atoms with Crippen molar-refractivity contribution >= 4 is 11.9 Å². The molecule has 0 aliphatic carbocycles. The molecule has 10 nitrogen and oxygen atoms in total. The van der Waals surface area contributed by atoms with E-state index in [1.165, 1.54) is 51.4 Å². The van der Waals surface area contributed by atoms with Gasteiger partial charge in [-0.15, -0.1) is 0 Å². The van der Waals surface area contributed by atoms with Crippen LogP contribution in [0.25, 0.3) is 0 Å². The number of carbonyl (C=O) groups excluding carboxylic acids is 2. The Hall–Kier alpha value is -2.08. The van der Waals surface area contributed by atoms with Gasteiger partial charge in [0.1, 0.15) is 31.0 Å². The molecule has 0 aromatic heterocycles. The van der Waals surface area contributed by atoms with E-state index in [-0.39, 0.29) is 26.1 Å². The van der Waals surface area contributed by atoms with E-state index in [4.69, 9.17) is 18.9 Å². The van der Waals surface area contributed by atoms with Gasteiger partial charge in [-0.05, 0) is 64.2 Å². The minimum Gasteiger partial charge on any atom is -0.462 e. The van der Waals surface area contributed by atoms with Crippen LogP contribution in [0.3, 0.4) is 0 Å². The van der Waals surface area contributed by atoms with E-state index in [9.17, 15) is 30.0 Å². The summed E-state index contributed by atoms with van der Waals surface area (Å²) in [6.07, 6.45) is 28.6. The predicted octanol–water partition coefficient (Wildman–Crippen LogP) is 7.94. The molecule has 0 spiro atoms. The second-order valence-corrected chi connectivity index (χ2v) is 14.1. The number of allylic oxidation sites excluding steroid dienone is 6. The van der Waals surface area contributed by atoms with Gasteiger partial charge in [-0.2, -0.15) is 0 Å². The second kappa shape index (κ2) is 33.5. The highest BCUT2D eigenvalue weighted by molar-refractivity contribution is 5.70. The van der Waals surface area contributed by atoms with Gasteiger partial charge >= 0.3 is 11.9 Å². The summed E-state index contributed by atoms with van der Waals surface area (Å²) in [7, 11) is 0. The fraction of sp³-hybridized carbons (Fsp3) is 0.810. The number of carbonyl (C=O) groups is 2. The van der Waals surface area contributed by atoms with Crippen LogP contribution in [-0.2, 0) is 28.5 Å². The van der Waals surface area contributed by atoms with E-state index in [2.05, 4.69) is 50.3 Å². The Kier molecular flexibility index (Phi) is 30.9. The summed E-state index contributed by atoms with van der Waals surface area (Å²) in [5.74, 6) is -0.844. The maximum absolute atomic E-state index is 12.7. The molecule has 1 rings (SSSR count). The van der Waals surface area contributed by atoms with Crippen LogP contribution in [0.15, 0.2) is 36.5 Å². The van der Waals surface area contributed by atoms with Crippen molar-refractivity contribution < 1.29 is 49.0 Å². The van der Waals surface area contributed by atoms with Crippen LogP contribution in [0, 0.1) is 0 Å². The molecule has 4 N–H and O–H groups in total. The van der Waals surface area contributed by atoms with Crippen molar-refractivity contribution in [2.45, 2.75) is 198 Å². The quantitative estimate of drug-likeness (QED) is 0.0297. The normalized spacial score (nSPS) is 21.4. The molecule has 1 saturated heterocycles. The van der Waals surface area contributed by atoms with Crippen LogP contribution < -0.4 is 0 Å². The average Bonchev–Trinajstić information content (AvgIpc) is 3.14. The molecule has 6 atom stereocenters. The van der Waals surface area contributed by atoms with E-state index in [0.29, 0.717) is 12.8 Å². The summed E-state index contributed by atoms with van der Waals surface area (Å²) in [6, 6.07) is 0. The minimum absolute atomic E-state index is 0.206. The highest BCUT2D eigenvalue weighted by Crippen LogP contribution is 2.22. The molecule has 0 aromatic carbocycles. The molecule has 1 fully saturated rings. The highest BCUT2D eigenvalue weighted by Gasteiger charge is 2.44. The first kappa shape index (κ1) is 47.9. The van der Waals surface area contributed by atoms with E-state index >= 15 is 0 Å². The number of aliphatic hydroxyl groups excluding tert-OH is 4. The van der Waals surface area contributed by atoms with Gasteiger partial charge in [0.15, 0.2) is 12.4 Å². The Bertz CT molecular complexity index is 949. The van der Waals surface area contributed by atoms with Crippen molar-refractivity contribution in [3.63, 3.8) is 0 Å². The molecule has 10 heteroatoms. The lowest BCUT2D eigenvalue weighted by Crippen LogP contribution is -2.59. The van der Waals surface area contributed by atoms with E-state index in [1.54, 1.807) is 0 Å². The lowest BCUT2D eigenvalue weighted by Gasteiger charge is -2.39. The third kappa shape index (κ3) is 25.0. The Labute approximate surface area is 315 Å². The van der Waals surface area contributed by atoms with Crippen molar-refractivity contribution in [2.24, 2.45) is 0 Å². The third-order valence-corrected chi connectivity index (χ3v) is 9.25. The fourth-order valence-electron chi connectivity index (χ4n) is 5.90. The first-order valence-electron chi connectivity index (χ1n) is 20.6. The van der Waals surface area contributed by atoms with Gasteiger partial charge in [-0.3, -0.25) is 9.59 Å². The van der Waals surface area contributed by atoms with Crippen molar-refractivity contribution in [3.05, 3.63) is 36.5 Å². The van der Waals surface area contributed by atoms with E-state index in [0.717, 1.165) is 70.6 Å². The number of esters is 2. The summed E-state index contributed by atoms with van der Waals surface area (Å²) in [5, 5.41) is 39.9. The Morgan fingerprint density at radius 3 is 1.69 bits per heavy atom. The lowest BCUT2D eigenvalue weighted by atomic mass is 9.99. The van der Waals surface area contributed by atoms with Gasteiger partial charge in [0, 0.05) is 12.8 Å². The predicted molar refractivity (Wildman–Crippen MR) is 206 cm³/mol. The summed E-state index contributed by atoms with van der Waals surface area (Å²) < 4.78 is 22.1. The molecule has 52 heavy (non-hydrogen) atoms. The van der Waals surface area contributed by atoms with Gasteiger partial charge in [0.05, 0.1) is 13.2 Å². The number of unbranched alkanes of at least 4 members (excludes halogenated alkanes) is 16. The lowest BCUT2D eigenvalue weighted by molar-refractivity contribution is -0.305. The summed E-state index contributed by atoms with van der Waals surface area (Å²) in [6.45, 7) is 3.33. The van der Waals surface area contributed by atoms with Crippen LogP contribution >= 0.6 is 0 Å². The molecular formula is C42H74O10. The number of hydrogen-bond donors (Lipinski definition) is 4. The van der Waals surface area contributed by atoms with Gasteiger partial charge < -0.3 is 39.4 Å². The first-order valence-corrected chi connectivity index (χ1v) is 20.6. The van der Waals surface area contributed by atoms with Gasteiger partial charge in [0.25, 0.3) is 0 Å². The van der Waals surface area contributed by atoms with E-state index in [1.807, 2.05) is 0 Å². The standard InChI is InChI=1S/C42H74O10/c1-3-5-7-9-11-13-15-17-19-20-22-24-26-28-30-37(44)49-33-35(34-50-42-41(48)40(47)39(46)36(32-43)52-42)51-38(45)31-29-27-25-23-21-18-16-14-12-10-8-6-4-2/h9,11,15,17-18,21,35-36,39-43,46-48H,3-8,10,12-14,16,19-20,22-34H2,1-2H3/b11-9+,17-15+,21-18+/t35-,36-,39+,40?,41?,42-/m0/s1. The Morgan fingerprint density at radius 2 is 1.10 bits per heavy atom. The SMILES string of the molecule is CCCC/C=C/C/C=C/CCCCCCCC(=O)OC[C@@H](CO[C@H]1O[C@@H](CO)[C@@H](O)C(O)C1O)OC(=O)CCCCC/C=C/CCCCCCCC. The van der Waals surface area contributed by atoms with Gasteiger partial charge in [0.2, 0.25) is 0 Å². The average molecular weight is 739 g/mol. The fourth-order valence-corrected chi connectivity index (χ4v) is 5.90. The van der Waals surface area contributed by atoms with Crippen LogP contribution in [0.1, 0.15) is 162 Å². The molecule has 0 amide bonds. The molecule has 1 heterocycles. The zero-order chi connectivity index (χ0) is 38.1. The van der Waals surface area contributed by atoms with Crippen LogP contribution in [0.2, 0.25) is 0 Å². The van der Waals surface area contributed by atoms with Gasteiger partial charge in [-0.25, -0.2) is 0 Å². The maximum atomic E-state index is 12.7. The Morgan fingerprint density at radius 1 is 0.596 bits per heavy atom. The van der Waals surface area contributed by atoms with Crippen LogP contribution in [0.5, 0.6) is 0 Å². The largest absolute Gasteiger partial charge is 0.462 e. The monoisotopic (exact) mass is 739 g/mol. The summed E-state index contributed by atoms with van der Waals surface area (Å²) >= 11 is 0. The third-order valence-electron chi connectivity index (χ3n) is 9.25. The zero-order valence-corrected chi connectivity index (χ0v) is 32.6. The van der Waals surface area contributed by atoms with Crippen molar-refractivity contribution in [1.29, 1.82) is 0 Å². The van der Waals surface area contributed by atoms with Gasteiger partial charge in [-0.1, -0.05) is 121 Å². The number of hydrogen-bond acceptors (Lipinski definition) is 10. The Balaban J connectivity index is 2.40. The molecule has 0 radical (unpaired) electrons. The van der Waals surface area contributed by atoms with E-state index < -0.39 is 55.4 Å². The zero-order valence-electron chi connectivity index (χ0n) is 32.6. The van der Waals surface area contributed by atoms with Crippen LogP contribution in [0.4, 0.5) is 0 Å². The van der Waals surface area contributed by atoms with Crippen molar-refractivity contribution in [2.75, 3.05) is 19.8 Å².